The first-order valence-electron chi connectivity index (χ1n) is 0. The summed E-state index contributed by atoms with van der Waals surface area (Å²) in [6, 6.07) is 0. The molecule has 0 aliphatic rings. The molecule has 0 radical (unpaired) electrons. The zero-order valence-electron chi connectivity index (χ0n) is 0.816. The Balaban J connectivity index is 0. The monoisotopic (exact) mass is 486 g/mol. The van der Waals surface area contributed by atoms with Crippen molar-refractivity contribution in [1.82, 2.24) is 0 Å². The van der Waals surface area contributed by atoms with Gasteiger partial charge in [-0.3, -0.25) is 0 Å². The molecule has 0 aliphatic heterocycles. The van der Waals surface area contributed by atoms with Crippen LogP contribution in [0.5, 0.6) is 0 Å². The zero-order chi connectivity index (χ0) is 0. The molecule has 0 N–H and O–H groups in total. The summed E-state index contributed by atoms with van der Waals surface area (Å²) in [7, 11) is 0. The van der Waals surface area contributed by atoms with Gasteiger partial charge in [0.2, 0.25) is 0 Å². The molecule has 0 fully saturated rings. The van der Waals surface area contributed by atoms with Crippen LogP contribution in [0.2, 0.25) is 0 Å². The fourth-order valence-corrected chi connectivity index (χ4v) is 0. The molecule has 0 unspecified atom stereocenters. The van der Waals surface area contributed by atoms with Crippen molar-refractivity contribution in [3.63, 3.8) is 0 Å². The molecule has 0 aliphatic carbocycles. The summed E-state index contributed by atoms with van der Waals surface area (Å²) in [4.78, 5) is 0. The molecule has 0 nitrogen and oxygen atoms in total. The van der Waals surface area contributed by atoms with E-state index in [-0.39, 0.29) is 148 Å². The van der Waals surface area contributed by atoms with E-state index in [1.54, 1.807) is 0 Å². The van der Waals surface area contributed by atoms with E-state index in [0.29, 0.717) is 0 Å². The molecule has 5 heteroatoms. The Hall–Kier alpha value is 4.92. The molecule has 0 saturated heterocycles. The fourth-order valence-electron chi connectivity index (χ4n) is 0. The summed E-state index contributed by atoms with van der Waals surface area (Å²) in [6.45, 7) is 0. The van der Waals surface area contributed by atoms with Crippen molar-refractivity contribution in [2.24, 2.45) is 0 Å². The van der Waals surface area contributed by atoms with Gasteiger partial charge in [0.05, 0.1) is 0 Å². The minimum absolute atomic E-state index is 0. The van der Waals surface area contributed by atoms with E-state index in [1.807, 2.05) is 0 Å². The second-order valence-electron chi connectivity index (χ2n) is 0. The van der Waals surface area contributed by atoms with Gasteiger partial charge < -0.3 is 0 Å². The van der Waals surface area contributed by atoms with Gasteiger partial charge in [-0.25, -0.2) is 0 Å². The second kappa shape index (κ2) is 23.1. The van der Waals surface area contributed by atoms with Gasteiger partial charge in [0.15, 0.2) is 0 Å². The van der Waals surface area contributed by atoms with E-state index < -0.39 is 0 Å². The normalized spacial score (nSPS) is 0. The molecule has 30 valence electrons. The molecule has 0 atom stereocenters. The van der Waals surface area contributed by atoms with Crippen LogP contribution in [0.4, 0.5) is 0 Å². The Morgan fingerprint density at radius 3 is 1.00 bits per heavy atom. The number of rotatable bonds is 0. The molecule has 0 aromatic carbocycles. The van der Waals surface area contributed by atoms with Crippen LogP contribution in [0.15, 0.2) is 0 Å². The average molecular weight is 486 g/mol. The Kier molecular flexibility index (Phi) is 151. The maximum absolute atomic E-state index is 0. The van der Waals surface area contributed by atoms with Crippen LogP contribution in [-0.2, 0) is 26.2 Å². The Morgan fingerprint density at radius 2 is 1.00 bits per heavy atom. The number of hydrogen-bond acceptors (Lipinski definition) is 0. The summed E-state index contributed by atoms with van der Waals surface area (Å²) in [6.07, 6.45) is 0. The van der Waals surface area contributed by atoms with Crippen LogP contribution in [0, 0.1) is 38.2 Å². The van der Waals surface area contributed by atoms with Gasteiger partial charge in [0, 0.05) is 64.4 Å². The SMILES string of the molecule is [CaH2].[Dy].[GaH3].[InH3].[Zr]. The van der Waals surface area contributed by atoms with Crippen LogP contribution in [0.3, 0.4) is 0 Å². The third-order valence-corrected chi connectivity index (χ3v) is 0. The third kappa shape index (κ3) is 17.6. The molecule has 0 aromatic rings. The van der Waals surface area contributed by atoms with Crippen molar-refractivity contribution < 1.29 is 64.4 Å². The van der Waals surface area contributed by atoms with Crippen LogP contribution in [0.1, 0.15) is 0 Å². The minimum atomic E-state index is 0. The summed E-state index contributed by atoms with van der Waals surface area (Å²) < 4.78 is 0. The van der Waals surface area contributed by atoms with E-state index >= 15 is 0 Å². The molecule has 0 heterocycles. The fraction of sp³-hybridized carbons (Fsp3) is 0. The number of hydrogen-bond donors (Lipinski definition) is 0. The molecule has 0 rings (SSSR count). The molecular formula is H8CaDyGaInZr. The van der Waals surface area contributed by atoms with Crippen molar-refractivity contribution in [3.8, 4) is 0 Å². The first-order chi connectivity index (χ1) is 0. The molecular weight excluding hydrogens is 478 g/mol. The van der Waals surface area contributed by atoms with Crippen molar-refractivity contribution >= 4 is 83.4 Å². The third-order valence-electron chi connectivity index (χ3n) is 0. The molecule has 0 spiro atoms. The summed E-state index contributed by atoms with van der Waals surface area (Å²) >= 11 is 0. The van der Waals surface area contributed by atoms with E-state index in [1.165, 1.54) is 0 Å². The zero-order valence-corrected chi connectivity index (χ0v) is 5.30. The van der Waals surface area contributed by atoms with Gasteiger partial charge in [0.25, 0.3) is 0 Å². The maximum atomic E-state index is 0. The maximum Gasteiger partial charge on any atom is 0 e. The largest absolute Gasteiger partial charge is 0 e. The van der Waals surface area contributed by atoms with Gasteiger partial charge in [-0.2, -0.15) is 0 Å². The van der Waals surface area contributed by atoms with Crippen molar-refractivity contribution in [2.45, 2.75) is 0 Å². The quantitative estimate of drug-likeness (QED) is 0.315. The van der Waals surface area contributed by atoms with Crippen molar-refractivity contribution in [3.05, 3.63) is 0 Å². The molecule has 0 amide bonds. The summed E-state index contributed by atoms with van der Waals surface area (Å²) in [5.41, 5.74) is 0. The van der Waals surface area contributed by atoms with Crippen LogP contribution < -0.4 is 0 Å². The molecule has 0 bridgehead atoms. The van der Waals surface area contributed by atoms with Crippen LogP contribution in [-0.4, -0.2) is 83.4 Å². The van der Waals surface area contributed by atoms with Crippen molar-refractivity contribution in [2.75, 3.05) is 0 Å². The van der Waals surface area contributed by atoms with Crippen LogP contribution in [0.25, 0.3) is 0 Å². The van der Waals surface area contributed by atoms with E-state index in [0.717, 1.165) is 0 Å². The standard InChI is InChI=1S/Ca.Dy.Ga.In.Zr.8H. The predicted octanol–water partition coefficient (Wildman–Crippen LogP) is -3.29. The Labute approximate surface area is 143 Å². The topological polar surface area (TPSA) is 0 Å². The molecule has 0 saturated carbocycles. The van der Waals surface area contributed by atoms with Crippen LogP contribution >= 0.6 is 0 Å². The molecule has 0 aromatic heterocycles. The second-order valence-corrected chi connectivity index (χ2v) is 0. The van der Waals surface area contributed by atoms with E-state index in [4.69, 9.17) is 0 Å². The van der Waals surface area contributed by atoms with Gasteiger partial charge in [-0.1, -0.05) is 0 Å². The average Bonchev–Trinajstić information content (AvgIpc) is 0. The van der Waals surface area contributed by atoms with Crippen molar-refractivity contribution in [1.29, 1.82) is 0 Å². The first-order valence-corrected chi connectivity index (χ1v) is 0. The summed E-state index contributed by atoms with van der Waals surface area (Å²) in [5.74, 6) is 0. The van der Waals surface area contributed by atoms with Gasteiger partial charge in [0.1, 0.15) is 0 Å². The predicted molar refractivity (Wildman–Crippen MR) is 28.4 cm³/mol. The van der Waals surface area contributed by atoms with Gasteiger partial charge >= 0.3 is 83.4 Å². The first kappa shape index (κ1) is 32.6. The van der Waals surface area contributed by atoms with Gasteiger partial charge in [-0.15, -0.1) is 0 Å². The Bertz CT molecular complexity index is 11.6. The Morgan fingerprint density at radius 1 is 1.00 bits per heavy atom. The van der Waals surface area contributed by atoms with Gasteiger partial charge in [-0.05, 0) is 0 Å². The minimum Gasteiger partial charge on any atom is 0 e. The smallest absolute Gasteiger partial charge is 0 e. The van der Waals surface area contributed by atoms with E-state index in [9.17, 15) is 0 Å². The summed E-state index contributed by atoms with van der Waals surface area (Å²) in [5, 5.41) is 0. The van der Waals surface area contributed by atoms with E-state index in [2.05, 4.69) is 0 Å². The molecule has 5 heavy (non-hydrogen) atoms.